The standard InChI is InChI=1S/C14H14F3N5OS.C12H15N5S.CH4O.CH4/c1-8-3-2-4-22(8)13-18-5-9(6-19-13)11-20-10(7-24-11)21-12(23)14(15,16)17;1-8-3-2-4-17(8)12-14-5-9(6-15-12)11-16-10(13)7-18-11;1-2;/h5-8H,2-4H2,1H3,(H,21,23);5-8H,2-4,13H2,1H3;2H,1H3;1H4/t2*8-;;/m11../s1. The fourth-order valence-corrected chi connectivity index (χ4v) is 6.10. The molecule has 2 aliphatic heterocycles. The van der Waals surface area contributed by atoms with Crippen molar-refractivity contribution in [2.24, 2.45) is 0 Å². The molecule has 0 bridgehead atoms. The summed E-state index contributed by atoms with van der Waals surface area (Å²) in [5, 5.41) is 13.2. The first-order chi connectivity index (χ1) is 21.1. The molecule has 45 heavy (non-hydrogen) atoms. The van der Waals surface area contributed by atoms with Gasteiger partial charge in [-0.15, -0.1) is 22.7 Å². The van der Waals surface area contributed by atoms with Gasteiger partial charge >= 0.3 is 12.1 Å². The number of carbonyl (C=O) groups is 1. The van der Waals surface area contributed by atoms with Crippen LogP contribution in [-0.2, 0) is 4.79 Å². The van der Waals surface area contributed by atoms with Crippen molar-refractivity contribution >= 4 is 52.1 Å². The lowest BCUT2D eigenvalue weighted by Crippen LogP contribution is -2.30. The van der Waals surface area contributed by atoms with Crippen molar-refractivity contribution in [1.82, 2.24) is 29.9 Å². The van der Waals surface area contributed by atoms with Crippen LogP contribution < -0.4 is 20.9 Å². The van der Waals surface area contributed by atoms with E-state index in [4.69, 9.17) is 10.8 Å². The number of aromatic nitrogens is 6. The van der Waals surface area contributed by atoms with E-state index < -0.39 is 12.1 Å². The second-order valence-electron chi connectivity index (χ2n) is 9.98. The van der Waals surface area contributed by atoms with E-state index in [1.54, 1.807) is 17.7 Å². The number of alkyl halides is 3. The number of rotatable bonds is 5. The highest BCUT2D eigenvalue weighted by Gasteiger charge is 2.39. The van der Waals surface area contributed by atoms with E-state index >= 15 is 0 Å². The maximum Gasteiger partial charge on any atom is 0.471 e. The molecule has 12 nitrogen and oxygen atoms in total. The first-order valence-corrected chi connectivity index (χ1v) is 15.5. The molecule has 0 aliphatic carbocycles. The van der Waals surface area contributed by atoms with Crippen molar-refractivity contribution in [1.29, 1.82) is 0 Å². The van der Waals surface area contributed by atoms with Gasteiger partial charge in [-0.3, -0.25) is 4.79 Å². The Hall–Kier alpha value is -3.96. The van der Waals surface area contributed by atoms with Gasteiger partial charge in [-0.1, -0.05) is 7.43 Å². The summed E-state index contributed by atoms with van der Waals surface area (Å²) >= 11 is 2.62. The third-order valence-electron chi connectivity index (χ3n) is 6.92. The van der Waals surface area contributed by atoms with E-state index in [-0.39, 0.29) is 13.2 Å². The first-order valence-electron chi connectivity index (χ1n) is 13.8. The third-order valence-corrected chi connectivity index (χ3v) is 8.72. The number of hydrogen-bond acceptors (Lipinski definition) is 13. The Morgan fingerprint density at radius 3 is 1.69 bits per heavy atom. The number of carbonyl (C=O) groups excluding carboxylic acids is 1. The quantitative estimate of drug-likeness (QED) is 0.247. The SMILES string of the molecule is C.CO.C[C@@H]1CCCN1c1ncc(-c2nc(N)cs2)cn1.C[C@@H]1CCCN1c1ncc(-c2nc(NC(=O)C(F)(F)F)cs2)cn1. The summed E-state index contributed by atoms with van der Waals surface area (Å²) in [5.74, 6) is -0.199. The van der Waals surface area contributed by atoms with Crippen LogP contribution in [0.4, 0.5) is 36.7 Å². The van der Waals surface area contributed by atoms with Gasteiger partial charge in [-0.2, -0.15) is 13.2 Å². The largest absolute Gasteiger partial charge is 0.471 e. The fourth-order valence-electron chi connectivity index (χ4n) is 4.69. The molecule has 0 aromatic carbocycles. The minimum atomic E-state index is -4.94. The Kier molecular flexibility index (Phi) is 12.5. The van der Waals surface area contributed by atoms with Crippen LogP contribution in [-0.4, -0.2) is 79.4 Å². The molecule has 2 atom stereocenters. The maximum atomic E-state index is 12.2. The number of nitrogen functional groups attached to an aromatic ring is 1. The summed E-state index contributed by atoms with van der Waals surface area (Å²) in [6, 6.07) is 0.922. The van der Waals surface area contributed by atoms with Crippen molar-refractivity contribution in [2.45, 2.75) is 65.2 Å². The fraction of sp³-hybridized carbons (Fsp3) is 0.464. The lowest BCUT2D eigenvalue weighted by Gasteiger charge is -2.20. The summed E-state index contributed by atoms with van der Waals surface area (Å²) in [6.45, 7) is 6.28. The molecular formula is C28H37F3N10O2S2. The van der Waals surface area contributed by atoms with Crippen molar-refractivity contribution in [3.8, 4) is 21.1 Å². The Morgan fingerprint density at radius 2 is 1.31 bits per heavy atom. The molecule has 6 rings (SSSR count). The van der Waals surface area contributed by atoms with E-state index in [1.807, 2.05) is 17.8 Å². The van der Waals surface area contributed by atoms with E-state index in [0.717, 1.165) is 60.9 Å². The summed E-state index contributed by atoms with van der Waals surface area (Å²) < 4.78 is 36.7. The lowest BCUT2D eigenvalue weighted by atomic mass is 10.2. The highest BCUT2D eigenvalue weighted by molar-refractivity contribution is 7.13. The molecule has 2 aliphatic rings. The summed E-state index contributed by atoms with van der Waals surface area (Å²) in [5.41, 5.74) is 7.12. The molecule has 17 heteroatoms. The van der Waals surface area contributed by atoms with Gasteiger partial charge in [-0.25, -0.2) is 29.9 Å². The summed E-state index contributed by atoms with van der Waals surface area (Å²) in [4.78, 5) is 41.0. The lowest BCUT2D eigenvalue weighted by molar-refractivity contribution is -0.167. The van der Waals surface area contributed by atoms with E-state index in [1.165, 1.54) is 29.6 Å². The predicted octanol–water partition coefficient (Wildman–Crippen LogP) is 5.51. The zero-order valence-corrected chi connectivity index (χ0v) is 26.0. The molecular weight excluding hydrogens is 630 g/mol. The van der Waals surface area contributed by atoms with Gasteiger partial charge < -0.3 is 26.0 Å². The van der Waals surface area contributed by atoms with Gasteiger partial charge in [0.05, 0.1) is 0 Å². The molecule has 4 N–H and O–H groups in total. The van der Waals surface area contributed by atoms with Crippen LogP contribution in [0.5, 0.6) is 0 Å². The number of aliphatic hydroxyl groups excluding tert-OH is 1. The molecule has 6 heterocycles. The average molecular weight is 667 g/mol. The van der Waals surface area contributed by atoms with Crippen LogP contribution >= 0.6 is 22.7 Å². The van der Waals surface area contributed by atoms with Crippen molar-refractivity contribution in [3.63, 3.8) is 0 Å². The number of halogens is 3. The third kappa shape index (κ3) is 9.04. The average Bonchev–Trinajstić information content (AvgIpc) is 3.83. The topological polar surface area (TPSA) is 159 Å². The smallest absolute Gasteiger partial charge is 0.400 e. The number of nitrogens with two attached hydrogens (primary N) is 1. The highest BCUT2D eigenvalue weighted by Crippen LogP contribution is 2.29. The maximum absolute atomic E-state index is 12.2. The first kappa shape index (κ1) is 35.5. The molecule has 0 unspecified atom stereocenters. The summed E-state index contributed by atoms with van der Waals surface area (Å²) in [6.07, 6.45) is 6.51. The van der Waals surface area contributed by atoms with Crippen molar-refractivity contribution in [3.05, 3.63) is 35.5 Å². The van der Waals surface area contributed by atoms with Crippen LogP contribution in [0.1, 0.15) is 47.0 Å². The van der Waals surface area contributed by atoms with Gasteiger partial charge in [-0.05, 0) is 39.5 Å². The van der Waals surface area contributed by atoms with Gasteiger partial charge in [0.15, 0.2) is 0 Å². The minimum Gasteiger partial charge on any atom is -0.400 e. The number of anilines is 4. The second kappa shape index (κ2) is 15.9. The van der Waals surface area contributed by atoms with Gasteiger partial charge in [0.1, 0.15) is 21.7 Å². The zero-order valence-electron chi connectivity index (χ0n) is 24.3. The van der Waals surface area contributed by atoms with E-state index in [2.05, 4.69) is 53.6 Å². The van der Waals surface area contributed by atoms with Gasteiger partial charge in [0.2, 0.25) is 11.9 Å². The summed E-state index contributed by atoms with van der Waals surface area (Å²) in [7, 11) is 1.00. The molecule has 2 fully saturated rings. The number of aliphatic hydroxyl groups is 1. The van der Waals surface area contributed by atoms with Crippen LogP contribution in [0.2, 0.25) is 0 Å². The van der Waals surface area contributed by atoms with Crippen molar-refractivity contribution < 1.29 is 23.1 Å². The minimum absolute atomic E-state index is 0. The number of nitrogens with zero attached hydrogens (tertiary/aromatic N) is 8. The number of hydrogen-bond donors (Lipinski definition) is 3. The van der Waals surface area contributed by atoms with Crippen LogP contribution in [0.15, 0.2) is 35.5 Å². The van der Waals surface area contributed by atoms with E-state index in [0.29, 0.717) is 34.4 Å². The highest BCUT2D eigenvalue weighted by atomic mass is 32.1. The number of amides is 1. The molecule has 0 radical (unpaired) electrons. The Labute approximate surface area is 267 Å². The Morgan fingerprint density at radius 1 is 0.867 bits per heavy atom. The van der Waals surface area contributed by atoms with Crippen LogP contribution in [0.3, 0.4) is 0 Å². The van der Waals surface area contributed by atoms with Gasteiger partial charge in [0.25, 0.3) is 0 Å². The number of nitrogens with one attached hydrogen (secondary N) is 1. The van der Waals surface area contributed by atoms with Crippen LogP contribution in [0.25, 0.3) is 21.1 Å². The molecule has 2 saturated heterocycles. The Bertz CT molecular complexity index is 1500. The molecule has 1 amide bonds. The molecule has 244 valence electrons. The molecule has 0 spiro atoms. The second-order valence-corrected chi connectivity index (χ2v) is 11.7. The van der Waals surface area contributed by atoms with E-state index in [9.17, 15) is 18.0 Å². The Balaban J connectivity index is 0.000000235. The van der Waals surface area contributed by atoms with Crippen LogP contribution in [0, 0.1) is 0 Å². The van der Waals surface area contributed by atoms with Gasteiger partial charge in [0, 0.05) is 79.0 Å². The normalized spacial score (nSPS) is 17.5. The van der Waals surface area contributed by atoms with Crippen molar-refractivity contribution in [2.75, 3.05) is 41.0 Å². The zero-order chi connectivity index (χ0) is 31.9. The molecule has 4 aromatic rings. The molecule has 0 saturated carbocycles. The molecule has 4 aromatic heterocycles. The monoisotopic (exact) mass is 666 g/mol. The predicted molar refractivity (Wildman–Crippen MR) is 172 cm³/mol. The number of thiazole rings is 2.